The fourth-order valence-electron chi connectivity index (χ4n) is 4.33. The Hall–Kier alpha value is -2.41. The molecular weight excluding hydrogens is 376 g/mol. The number of aromatic nitrogens is 3. The van der Waals surface area contributed by atoms with E-state index in [1.807, 2.05) is 24.1 Å². The fourth-order valence-corrected chi connectivity index (χ4v) is 4.50. The number of amides is 1. The molecule has 146 valence electrons. The molecule has 0 saturated carbocycles. The molecule has 2 fully saturated rings. The Morgan fingerprint density at radius 3 is 2.75 bits per heavy atom. The molecule has 0 aromatic carbocycles. The van der Waals surface area contributed by atoms with Crippen LogP contribution >= 0.6 is 11.6 Å². The van der Waals surface area contributed by atoms with Gasteiger partial charge in [0.1, 0.15) is 11.6 Å². The lowest BCUT2D eigenvalue weighted by Crippen LogP contribution is -2.39. The first-order valence-electron chi connectivity index (χ1n) is 9.84. The minimum Gasteiger partial charge on any atom is -0.369 e. The molecule has 2 aromatic rings. The standard InChI is InChI=1S/C20H23ClN6O/c1-13-23-18-12-27(11-17(18)19(24-13)25-4-2-5-25)20(28)14-3-6-26(10-14)16-7-15(21)8-22-9-16/h7-9,14H,2-6,10-12H2,1H3/t14-/m1/s1. The van der Waals surface area contributed by atoms with Crippen molar-refractivity contribution in [3.8, 4) is 0 Å². The lowest BCUT2D eigenvalue weighted by Gasteiger charge is -2.33. The van der Waals surface area contributed by atoms with Gasteiger partial charge < -0.3 is 14.7 Å². The molecule has 2 aromatic heterocycles. The van der Waals surface area contributed by atoms with E-state index in [1.54, 1.807) is 6.20 Å². The molecule has 0 aliphatic carbocycles. The molecule has 0 bridgehead atoms. The molecule has 3 aliphatic rings. The van der Waals surface area contributed by atoms with Crippen LogP contribution in [0.5, 0.6) is 0 Å². The van der Waals surface area contributed by atoms with Gasteiger partial charge in [0.25, 0.3) is 0 Å². The van der Waals surface area contributed by atoms with Crippen molar-refractivity contribution in [3.05, 3.63) is 40.6 Å². The zero-order valence-electron chi connectivity index (χ0n) is 15.9. The van der Waals surface area contributed by atoms with Gasteiger partial charge in [0, 0.05) is 37.9 Å². The summed E-state index contributed by atoms with van der Waals surface area (Å²) in [6, 6.07) is 1.91. The predicted octanol–water partition coefficient (Wildman–Crippen LogP) is 2.41. The summed E-state index contributed by atoms with van der Waals surface area (Å²) < 4.78 is 0. The molecule has 1 atom stereocenters. The molecule has 0 radical (unpaired) electrons. The van der Waals surface area contributed by atoms with Gasteiger partial charge >= 0.3 is 0 Å². The Morgan fingerprint density at radius 1 is 1.14 bits per heavy atom. The summed E-state index contributed by atoms with van der Waals surface area (Å²) in [7, 11) is 0. The second kappa shape index (κ2) is 6.88. The van der Waals surface area contributed by atoms with Crippen LogP contribution in [0.1, 0.15) is 29.9 Å². The second-order valence-corrected chi connectivity index (χ2v) is 8.28. The van der Waals surface area contributed by atoms with Gasteiger partial charge in [-0.15, -0.1) is 0 Å². The Labute approximate surface area is 169 Å². The average molecular weight is 399 g/mol. The number of carbonyl (C=O) groups is 1. The topological polar surface area (TPSA) is 65.5 Å². The van der Waals surface area contributed by atoms with E-state index >= 15 is 0 Å². The van der Waals surface area contributed by atoms with Crippen molar-refractivity contribution in [2.45, 2.75) is 32.9 Å². The first kappa shape index (κ1) is 17.7. The number of anilines is 2. The van der Waals surface area contributed by atoms with Crippen molar-refractivity contribution in [2.24, 2.45) is 5.92 Å². The number of hydrogen-bond donors (Lipinski definition) is 0. The molecule has 3 aliphatic heterocycles. The molecule has 5 rings (SSSR count). The molecule has 0 N–H and O–H groups in total. The van der Waals surface area contributed by atoms with Crippen LogP contribution in [0.2, 0.25) is 5.02 Å². The van der Waals surface area contributed by atoms with Gasteiger partial charge in [-0.1, -0.05) is 11.6 Å². The van der Waals surface area contributed by atoms with Crippen LogP contribution in [-0.2, 0) is 17.9 Å². The van der Waals surface area contributed by atoms with Crippen LogP contribution in [-0.4, -0.2) is 51.9 Å². The zero-order valence-corrected chi connectivity index (χ0v) is 16.7. The molecular formula is C20H23ClN6O. The Kier molecular flexibility index (Phi) is 4.34. The third-order valence-corrected chi connectivity index (χ3v) is 6.14. The van der Waals surface area contributed by atoms with Crippen LogP contribution in [0.15, 0.2) is 18.5 Å². The lowest BCUT2D eigenvalue weighted by molar-refractivity contribution is -0.135. The van der Waals surface area contributed by atoms with E-state index in [0.29, 0.717) is 24.7 Å². The van der Waals surface area contributed by atoms with Crippen molar-refractivity contribution in [3.63, 3.8) is 0 Å². The van der Waals surface area contributed by atoms with E-state index in [0.717, 1.165) is 54.6 Å². The molecule has 1 amide bonds. The van der Waals surface area contributed by atoms with E-state index in [-0.39, 0.29) is 11.8 Å². The van der Waals surface area contributed by atoms with Crippen LogP contribution < -0.4 is 9.80 Å². The molecule has 0 spiro atoms. The number of fused-ring (bicyclic) bond motifs is 1. The van der Waals surface area contributed by atoms with E-state index in [1.165, 1.54) is 6.42 Å². The van der Waals surface area contributed by atoms with Crippen molar-refractivity contribution in [1.82, 2.24) is 19.9 Å². The highest BCUT2D eigenvalue weighted by atomic mass is 35.5. The van der Waals surface area contributed by atoms with Gasteiger partial charge in [-0.25, -0.2) is 9.97 Å². The van der Waals surface area contributed by atoms with Crippen molar-refractivity contribution < 1.29 is 4.79 Å². The van der Waals surface area contributed by atoms with Crippen molar-refractivity contribution in [2.75, 3.05) is 36.0 Å². The Morgan fingerprint density at radius 2 is 2.00 bits per heavy atom. The summed E-state index contributed by atoms with van der Waals surface area (Å²) in [4.78, 5) is 33.1. The van der Waals surface area contributed by atoms with Gasteiger partial charge in [-0.05, 0) is 25.8 Å². The average Bonchev–Trinajstić information content (AvgIpc) is 3.27. The van der Waals surface area contributed by atoms with Crippen LogP contribution in [0.25, 0.3) is 0 Å². The largest absolute Gasteiger partial charge is 0.369 e. The number of halogens is 1. The number of rotatable bonds is 3. The Bertz CT molecular complexity index is 931. The van der Waals surface area contributed by atoms with E-state index < -0.39 is 0 Å². The van der Waals surface area contributed by atoms with Crippen LogP contribution in [0.3, 0.4) is 0 Å². The summed E-state index contributed by atoms with van der Waals surface area (Å²) in [6.07, 6.45) is 5.49. The smallest absolute Gasteiger partial charge is 0.228 e. The summed E-state index contributed by atoms with van der Waals surface area (Å²) in [6.45, 7) is 6.78. The van der Waals surface area contributed by atoms with Crippen LogP contribution in [0.4, 0.5) is 11.5 Å². The van der Waals surface area contributed by atoms with Gasteiger partial charge in [0.05, 0.1) is 41.6 Å². The maximum atomic E-state index is 13.2. The number of carbonyl (C=O) groups excluding carboxylic acids is 1. The minimum atomic E-state index is -0.00481. The second-order valence-electron chi connectivity index (χ2n) is 7.85. The van der Waals surface area contributed by atoms with Gasteiger partial charge in [0.2, 0.25) is 5.91 Å². The summed E-state index contributed by atoms with van der Waals surface area (Å²) in [5.74, 6) is 2.02. The van der Waals surface area contributed by atoms with E-state index in [2.05, 4.69) is 24.8 Å². The van der Waals surface area contributed by atoms with Crippen molar-refractivity contribution >= 4 is 29.0 Å². The summed E-state index contributed by atoms with van der Waals surface area (Å²) in [5, 5.41) is 0.620. The third kappa shape index (κ3) is 3.07. The molecule has 7 nitrogen and oxygen atoms in total. The van der Waals surface area contributed by atoms with E-state index in [9.17, 15) is 4.79 Å². The quantitative estimate of drug-likeness (QED) is 0.791. The highest BCUT2D eigenvalue weighted by Gasteiger charge is 2.36. The first-order valence-corrected chi connectivity index (χ1v) is 10.2. The molecule has 8 heteroatoms. The normalized spacial score (nSPS) is 21.1. The highest BCUT2D eigenvalue weighted by Crippen LogP contribution is 2.34. The molecule has 5 heterocycles. The molecule has 2 saturated heterocycles. The zero-order chi connectivity index (χ0) is 19.3. The summed E-state index contributed by atoms with van der Waals surface area (Å²) in [5.41, 5.74) is 3.12. The maximum Gasteiger partial charge on any atom is 0.228 e. The van der Waals surface area contributed by atoms with E-state index in [4.69, 9.17) is 11.6 Å². The first-order chi connectivity index (χ1) is 13.6. The predicted molar refractivity (Wildman–Crippen MR) is 107 cm³/mol. The number of hydrogen-bond acceptors (Lipinski definition) is 6. The number of nitrogens with zero attached hydrogens (tertiary/aromatic N) is 6. The summed E-state index contributed by atoms with van der Waals surface area (Å²) >= 11 is 6.07. The lowest BCUT2D eigenvalue weighted by atomic mass is 10.1. The van der Waals surface area contributed by atoms with Gasteiger partial charge in [-0.2, -0.15) is 0 Å². The Balaban J connectivity index is 1.30. The third-order valence-electron chi connectivity index (χ3n) is 5.93. The minimum absolute atomic E-state index is 0.00481. The van der Waals surface area contributed by atoms with Gasteiger partial charge in [-0.3, -0.25) is 9.78 Å². The number of pyridine rings is 1. The highest BCUT2D eigenvalue weighted by molar-refractivity contribution is 6.30. The molecule has 28 heavy (non-hydrogen) atoms. The monoisotopic (exact) mass is 398 g/mol. The van der Waals surface area contributed by atoms with Crippen LogP contribution in [0, 0.1) is 12.8 Å². The van der Waals surface area contributed by atoms with Gasteiger partial charge in [0.15, 0.2) is 0 Å². The van der Waals surface area contributed by atoms with Crippen molar-refractivity contribution in [1.29, 1.82) is 0 Å². The maximum absolute atomic E-state index is 13.2. The SMILES string of the molecule is Cc1nc2c(c(N3CCC3)n1)CN(C(=O)[C@@H]1CCN(c3cncc(Cl)c3)C1)C2. The number of aryl methyl sites for hydroxylation is 1. The fraction of sp³-hybridized carbons (Fsp3) is 0.500. The molecule has 0 unspecified atom stereocenters.